The van der Waals surface area contributed by atoms with Crippen LogP contribution in [0.15, 0.2) is 47.6 Å². The predicted molar refractivity (Wildman–Crippen MR) is 102 cm³/mol. The van der Waals surface area contributed by atoms with Gasteiger partial charge in [-0.2, -0.15) is 5.10 Å². The van der Waals surface area contributed by atoms with Crippen molar-refractivity contribution in [2.45, 2.75) is 31.8 Å². The van der Waals surface area contributed by atoms with Gasteiger partial charge in [0.05, 0.1) is 24.3 Å². The monoisotopic (exact) mass is 366 g/mol. The van der Waals surface area contributed by atoms with Crippen LogP contribution in [0.5, 0.6) is 0 Å². The van der Waals surface area contributed by atoms with Crippen LogP contribution < -0.4 is 0 Å². The summed E-state index contributed by atoms with van der Waals surface area (Å²) in [6.07, 6.45) is -0.515. The van der Waals surface area contributed by atoms with Crippen LogP contribution >= 0.6 is 12.2 Å². The minimum Gasteiger partial charge on any atom is -0.343 e. The lowest BCUT2D eigenvalue weighted by Gasteiger charge is -2.32. The molecule has 2 aromatic carbocycles. The molecule has 3 aliphatic rings. The number of carbonyl (C=O) groups is 1. The molecule has 0 radical (unpaired) electrons. The molecule has 5 nitrogen and oxygen atoms in total. The Hall–Kier alpha value is -2.15. The number of ether oxygens (including phenoxy) is 2. The van der Waals surface area contributed by atoms with E-state index >= 15 is 0 Å². The van der Waals surface area contributed by atoms with E-state index in [-0.39, 0.29) is 23.8 Å². The second-order valence-corrected chi connectivity index (χ2v) is 7.41. The summed E-state index contributed by atoms with van der Waals surface area (Å²) in [4.78, 5) is 12.9. The van der Waals surface area contributed by atoms with Crippen LogP contribution in [-0.2, 0) is 14.3 Å². The standard InChI is InChI=1S/C20H18N2O3S/c1-11-18(14-8-4-6-12-5-2-3-7-13(12)14)21-22(19(11)26)15-9-16(23)20-24-10-17(15)25-20/h2-8,11,15,17,20H,9-10H2,1H3/t11?,15-,17+,20+/m0/s1. The molecule has 4 atom stereocenters. The predicted octanol–water partition coefficient (Wildman–Crippen LogP) is 2.91. The molecule has 6 heteroatoms. The second-order valence-electron chi connectivity index (χ2n) is 6.99. The second kappa shape index (κ2) is 5.94. The number of Topliss-reactive ketones (excluding diaryl/α,β-unsaturated/α-hetero) is 1. The van der Waals surface area contributed by atoms with E-state index in [0.717, 1.165) is 21.6 Å². The average Bonchev–Trinajstić information content (AvgIpc) is 3.22. The van der Waals surface area contributed by atoms with Crippen LogP contribution in [0.1, 0.15) is 18.9 Å². The number of fused-ring (bicyclic) bond motifs is 3. The molecule has 2 fully saturated rings. The van der Waals surface area contributed by atoms with Crippen LogP contribution in [-0.4, -0.2) is 46.5 Å². The van der Waals surface area contributed by atoms with Crippen molar-refractivity contribution in [3.05, 3.63) is 48.0 Å². The summed E-state index contributed by atoms with van der Waals surface area (Å²) < 4.78 is 11.1. The lowest BCUT2D eigenvalue weighted by molar-refractivity contribution is -0.156. The van der Waals surface area contributed by atoms with Gasteiger partial charge in [0.25, 0.3) is 0 Å². The van der Waals surface area contributed by atoms with Gasteiger partial charge >= 0.3 is 0 Å². The summed E-state index contributed by atoms with van der Waals surface area (Å²) >= 11 is 5.70. The molecule has 2 saturated heterocycles. The smallest absolute Gasteiger partial charge is 0.218 e. The van der Waals surface area contributed by atoms with Gasteiger partial charge in [-0.05, 0) is 10.8 Å². The van der Waals surface area contributed by atoms with Crippen molar-refractivity contribution in [3.63, 3.8) is 0 Å². The van der Waals surface area contributed by atoms with Gasteiger partial charge in [-0.15, -0.1) is 0 Å². The molecule has 0 aromatic heterocycles. The quantitative estimate of drug-likeness (QED) is 0.765. The Bertz CT molecular complexity index is 952. The van der Waals surface area contributed by atoms with E-state index < -0.39 is 6.29 Å². The first-order valence-corrected chi connectivity index (χ1v) is 9.24. The van der Waals surface area contributed by atoms with Crippen molar-refractivity contribution in [3.8, 4) is 0 Å². The number of ketones is 1. The first kappa shape index (κ1) is 16.1. The van der Waals surface area contributed by atoms with Crippen LogP contribution in [0, 0.1) is 5.92 Å². The SMILES string of the molecule is CC1C(=S)N([C@H]2CC(=O)[C@@H]3OC[C@H]2O3)N=C1c1cccc2ccccc12. The molecular formula is C20H18N2O3S. The Morgan fingerprint density at radius 1 is 1.19 bits per heavy atom. The molecular weight excluding hydrogens is 348 g/mol. The highest BCUT2D eigenvalue weighted by Crippen LogP contribution is 2.34. The highest BCUT2D eigenvalue weighted by molar-refractivity contribution is 7.80. The number of benzene rings is 2. The van der Waals surface area contributed by atoms with Gasteiger partial charge in [0, 0.05) is 12.0 Å². The molecule has 3 aliphatic heterocycles. The van der Waals surface area contributed by atoms with Gasteiger partial charge in [0.2, 0.25) is 6.29 Å². The van der Waals surface area contributed by atoms with Crippen LogP contribution in [0.25, 0.3) is 10.8 Å². The molecule has 0 spiro atoms. The molecule has 1 unspecified atom stereocenters. The normalized spacial score (nSPS) is 31.0. The fraction of sp³-hybridized carbons (Fsp3) is 0.350. The van der Waals surface area contributed by atoms with E-state index in [1.807, 2.05) is 23.2 Å². The fourth-order valence-corrected chi connectivity index (χ4v) is 4.30. The molecule has 3 heterocycles. The molecule has 0 saturated carbocycles. The van der Waals surface area contributed by atoms with Crippen molar-refractivity contribution in [2.75, 3.05) is 6.61 Å². The van der Waals surface area contributed by atoms with Crippen molar-refractivity contribution in [2.24, 2.45) is 11.0 Å². The van der Waals surface area contributed by atoms with Crippen molar-refractivity contribution >= 4 is 39.5 Å². The molecule has 5 rings (SSSR count). The fourth-order valence-electron chi connectivity index (χ4n) is 4.01. The Balaban J connectivity index is 1.56. The zero-order valence-corrected chi connectivity index (χ0v) is 15.1. The molecule has 26 heavy (non-hydrogen) atoms. The van der Waals surface area contributed by atoms with E-state index in [9.17, 15) is 4.79 Å². The van der Waals surface area contributed by atoms with Crippen LogP contribution in [0.4, 0.5) is 0 Å². The molecule has 0 amide bonds. The number of hydrazone groups is 1. The van der Waals surface area contributed by atoms with Gasteiger partial charge in [-0.1, -0.05) is 61.6 Å². The number of carbonyl (C=O) groups excluding carboxylic acids is 1. The molecule has 0 N–H and O–H groups in total. The van der Waals surface area contributed by atoms with Gasteiger partial charge in [-0.25, -0.2) is 0 Å². The van der Waals surface area contributed by atoms with Gasteiger partial charge in [0.1, 0.15) is 11.1 Å². The van der Waals surface area contributed by atoms with Crippen molar-refractivity contribution in [1.29, 1.82) is 0 Å². The highest BCUT2D eigenvalue weighted by atomic mass is 32.1. The third-order valence-corrected chi connectivity index (χ3v) is 5.95. The zero-order valence-electron chi connectivity index (χ0n) is 14.3. The van der Waals surface area contributed by atoms with E-state index in [0.29, 0.717) is 13.0 Å². The zero-order chi connectivity index (χ0) is 17.8. The first-order chi connectivity index (χ1) is 12.6. The largest absolute Gasteiger partial charge is 0.343 e. The summed E-state index contributed by atoms with van der Waals surface area (Å²) in [6.45, 7) is 2.48. The molecule has 0 aliphatic carbocycles. The van der Waals surface area contributed by atoms with E-state index in [2.05, 4.69) is 31.2 Å². The Labute approximate surface area is 156 Å². The highest BCUT2D eigenvalue weighted by Gasteiger charge is 2.48. The maximum atomic E-state index is 12.2. The van der Waals surface area contributed by atoms with Gasteiger partial charge < -0.3 is 9.47 Å². The molecule has 2 aromatic rings. The van der Waals surface area contributed by atoms with Crippen LogP contribution in [0.3, 0.4) is 0 Å². The molecule has 132 valence electrons. The summed E-state index contributed by atoms with van der Waals surface area (Å²) in [5.41, 5.74) is 2.03. The Morgan fingerprint density at radius 3 is 2.88 bits per heavy atom. The Kier molecular flexibility index (Phi) is 3.67. The number of thiocarbonyl (C=S) groups is 1. The number of hydrogen-bond acceptors (Lipinski definition) is 5. The Morgan fingerprint density at radius 2 is 2.00 bits per heavy atom. The summed E-state index contributed by atoms with van der Waals surface area (Å²) in [5.74, 6) is -0.0287. The third-order valence-electron chi connectivity index (χ3n) is 5.41. The minimum atomic E-state index is -0.702. The summed E-state index contributed by atoms with van der Waals surface area (Å²) in [5, 5.41) is 9.02. The van der Waals surface area contributed by atoms with E-state index in [4.69, 9.17) is 26.8 Å². The summed E-state index contributed by atoms with van der Waals surface area (Å²) in [6, 6.07) is 14.3. The number of hydrogen-bond donors (Lipinski definition) is 0. The van der Waals surface area contributed by atoms with Crippen molar-refractivity contribution < 1.29 is 14.3 Å². The maximum absolute atomic E-state index is 12.2. The lowest BCUT2D eigenvalue weighted by Crippen LogP contribution is -2.49. The lowest BCUT2D eigenvalue weighted by atomic mass is 9.94. The number of nitrogens with zero attached hydrogens (tertiary/aromatic N) is 2. The minimum absolute atomic E-state index is 0.00551. The first-order valence-electron chi connectivity index (χ1n) is 8.83. The van der Waals surface area contributed by atoms with Gasteiger partial charge in [0.15, 0.2) is 5.78 Å². The topological polar surface area (TPSA) is 51.1 Å². The summed E-state index contributed by atoms with van der Waals surface area (Å²) in [7, 11) is 0. The van der Waals surface area contributed by atoms with E-state index in [1.54, 1.807) is 0 Å². The maximum Gasteiger partial charge on any atom is 0.218 e. The average molecular weight is 366 g/mol. The van der Waals surface area contributed by atoms with Gasteiger partial charge in [-0.3, -0.25) is 9.80 Å². The third kappa shape index (κ3) is 2.33. The molecule has 2 bridgehead atoms. The van der Waals surface area contributed by atoms with E-state index in [1.165, 1.54) is 5.39 Å². The van der Waals surface area contributed by atoms with Crippen LogP contribution in [0.2, 0.25) is 0 Å². The number of rotatable bonds is 2. The van der Waals surface area contributed by atoms with Crippen molar-refractivity contribution in [1.82, 2.24) is 5.01 Å².